The monoisotopic (exact) mass is 395 g/mol. The Morgan fingerprint density at radius 1 is 0.893 bits per heavy atom. The Balaban J connectivity index is 1.79. The summed E-state index contributed by atoms with van der Waals surface area (Å²) in [5.74, 6) is -0.321. The molecule has 0 heterocycles. The lowest BCUT2D eigenvalue weighted by atomic mass is 10.1. The Labute approximate surface area is 162 Å². The molecule has 28 heavy (non-hydrogen) atoms. The van der Waals surface area contributed by atoms with Gasteiger partial charge >= 0.3 is 0 Å². The third-order valence-electron chi connectivity index (χ3n) is 3.90. The Bertz CT molecular complexity index is 1140. The Hall–Kier alpha value is -3.58. The molecule has 0 amide bonds. The lowest BCUT2D eigenvalue weighted by Gasteiger charge is -2.09. The van der Waals surface area contributed by atoms with Crippen LogP contribution in [0.1, 0.15) is 15.9 Å². The van der Waals surface area contributed by atoms with E-state index in [1.54, 1.807) is 30.3 Å². The molecule has 3 aromatic rings. The van der Waals surface area contributed by atoms with Crippen LogP contribution in [0.4, 0.5) is 5.69 Å². The highest BCUT2D eigenvalue weighted by molar-refractivity contribution is 7.92. The number of benzene rings is 3. The third-order valence-corrected chi connectivity index (χ3v) is 5.29. The second-order valence-corrected chi connectivity index (χ2v) is 7.62. The quantitative estimate of drug-likeness (QED) is 0.435. The molecule has 3 rings (SSSR count). The van der Waals surface area contributed by atoms with Gasteiger partial charge in [0.1, 0.15) is 11.5 Å². The highest BCUT2D eigenvalue weighted by Gasteiger charge is 2.15. The molecular weight excluding hydrogens is 378 g/mol. The third kappa shape index (κ3) is 4.57. The standard InChI is InChI=1S/C21H17NO5S/c23-18-9-11-19(12-10-18)28(26,27)22-17-6-3-5-16(14-17)21(25)13-8-15-4-1-2-7-20(15)24/h1-14,22-24H. The van der Waals surface area contributed by atoms with Gasteiger partial charge in [-0.15, -0.1) is 0 Å². The fourth-order valence-electron chi connectivity index (χ4n) is 2.47. The van der Waals surface area contributed by atoms with Crippen LogP contribution in [0.3, 0.4) is 0 Å². The number of rotatable bonds is 6. The maximum atomic E-state index is 12.4. The van der Waals surface area contributed by atoms with Crippen LogP contribution in [0.5, 0.6) is 11.5 Å². The molecule has 0 spiro atoms. The summed E-state index contributed by atoms with van der Waals surface area (Å²) in [5.41, 5.74) is 1.02. The van der Waals surface area contributed by atoms with Crippen molar-refractivity contribution in [3.05, 3.63) is 90.0 Å². The lowest BCUT2D eigenvalue weighted by molar-refractivity contribution is 0.104. The van der Waals surface area contributed by atoms with Crippen LogP contribution in [0.25, 0.3) is 6.08 Å². The molecule has 0 bridgehead atoms. The van der Waals surface area contributed by atoms with Crippen LogP contribution in [-0.2, 0) is 10.0 Å². The van der Waals surface area contributed by atoms with Crippen molar-refractivity contribution in [3.8, 4) is 11.5 Å². The molecule has 0 aliphatic heterocycles. The van der Waals surface area contributed by atoms with Gasteiger partial charge in [0.05, 0.1) is 4.90 Å². The van der Waals surface area contributed by atoms with Gasteiger partial charge < -0.3 is 10.2 Å². The second kappa shape index (κ2) is 7.98. The number of sulfonamides is 1. The van der Waals surface area contributed by atoms with Gasteiger partial charge in [0, 0.05) is 16.8 Å². The molecule has 0 fully saturated rings. The minimum Gasteiger partial charge on any atom is -0.508 e. The molecule has 0 atom stereocenters. The summed E-state index contributed by atoms with van der Waals surface area (Å²) in [6.45, 7) is 0. The van der Waals surface area contributed by atoms with Crippen molar-refractivity contribution in [1.29, 1.82) is 0 Å². The van der Waals surface area contributed by atoms with Gasteiger partial charge in [-0.25, -0.2) is 8.42 Å². The fourth-order valence-corrected chi connectivity index (χ4v) is 3.51. The van der Waals surface area contributed by atoms with Crippen molar-refractivity contribution in [1.82, 2.24) is 0 Å². The van der Waals surface area contributed by atoms with Crippen molar-refractivity contribution in [2.24, 2.45) is 0 Å². The predicted octanol–water partition coefficient (Wildman–Crippen LogP) is 3.79. The van der Waals surface area contributed by atoms with E-state index in [1.165, 1.54) is 54.6 Å². The summed E-state index contributed by atoms with van der Waals surface area (Å²) in [6, 6.07) is 17.8. The number of nitrogens with one attached hydrogen (secondary N) is 1. The lowest BCUT2D eigenvalue weighted by Crippen LogP contribution is -2.13. The number of hydrogen-bond donors (Lipinski definition) is 3. The van der Waals surface area contributed by atoms with Gasteiger partial charge in [-0.2, -0.15) is 0 Å². The molecule has 0 aliphatic rings. The summed E-state index contributed by atoms with van der Waals surface area (Å²) in [7, 11) is -3.86. The van der Waals surface area contributed by atoms with Crippen LogP contribution in [0.2, 0.25) is 0 Å². The highest BCUT2D eigenvalue weighted by atomic mass is 32.2. The van der Waals surface area contributed by atoms with Gasteiger partial charge in [0.15, 0.2) is 5.78 Å². The van der Waals surface area contributed by atoms with Gasteiger partial charge in [-0.05, 0) is 54.6 Å². The van der Waals surface area contributed by atoms with E-state index >= 15 is 0 Å². The summed E-state index contributed by atoms with van der Waals surface area (Å²) in [4.78, 5) is 12.4. The summed E-state index contributed by atoms with van der Waals surface area (Å²) < 4.78 is 27.3. The molecule has 142 valence electrons. The number of phenols is 2. The molecule has 3 aromatic carbocycles. The summed E-state index contributed by atoms with van der Waals surface area (Å²) in [5, 5.41) is 19.0. The minimum absolute atomic E-state index is 0.0125. The van der Waals surface area contributed by atoms with E-state index in [9.17, 15) is 23.4 Å². The predicted molar refractivity (Wildman–Crippen MR) is 107 cm³/mol. The molecule has 0 saturated carbocycles. The fraction of sp³-hybridized carbons (Fsp3) is 0. The van der Waals surface area contributed by atoms with Crippen LogP contribution in [-0.4, -0.2) is 24.4 Å². The van der Waals surface area contributed by atoms with Crippen LogP contribution in [0.15, 0.2) is 83.8 Å². The number of ketones is 1. The SMILES string of the molecule is O=C(C=Cc1ccccc1O)c1cccc(NS(=O)(=O)c2ccc(O)cc2)c1. The maximum absolute atomic E-state index is 12.4. The molecule has 0 saturated heterocycles. The Kier molecular flexibility index (Phi) is 5.47. The first kappa shape index (κ1) is 19.2. The maximum Gasteiger partial charge on any atom is 0.261 e. The average Bonchev–Trinajstić information content (AvgIpc) is 2.67. The number of carbonyl (C=O) groups is 1. The number of allylic oxidation sites excluding steroid dienone is 1. The zero-order valence-electron chi connectivity index (χ0n) is 14.6. The number of aromatic hydroxyl groups is 2. The molecule has 3 N–H and O–H groups in total. The smallest absolute Gasteiger partial charge is 0.261 e. The summed E-state index contributed by atoms with van der Waals surface area (Å²) >= 11 is 0. The van der Waals surface area contributed by atoms with Crippen molar-refractivity contribution in [2.45, 2.75) is 4.90 Å². The highest BCUT2D eigenvalue weighted by Crippen LogP contribution is 2.21. The Morgan fingerprint density at radius 2 is 1.61 bits per heavy atom. The molecule has 0 aromatic heterocycles. The first-order chi connectivity index (χ1) is 13.3. The molecular formula is C21H17NO5S. The number of anilines is 1. The van der Waals surface area contributed by atoms with Crippen molar-refractivity contribution >= 4 is 27.6 Å². The Morgan fingerprint density at radius 3 is 2.32 bits per heavy atom. The van der Waals surface area contributed by atoms with E-state index in [1.807, 2.05) is 0 Å². The molecule has 0 aliphatic carbocycles. The van der Waals surface area contributed by atoms with Crippen LogP contribution >= 0.6 is 0 Å². The number of carbonyl (C=O) groups excluding carboxylic acids is 1. The first-order valence-corrected chi connectivity index (χ1v) is 9.76. The van der Waals surface area contributed by atoms with E-state index in [2.05, 4.69) is 4.72 Å². The second-order valence-electron chi connectivity index (χ2n) is 5.94. The van der Waals surface area contributed by atoms with E-state index in [4.69, 9.17) is 0 Å². The van der Waals surface area contributed by atoms with Crippen LogP contribution in [0, 0.1) is 0 Å². The van der Waals surface area contributed by atoms with Gasteiger partial charge in [0.25, 0.3) is 10.0 Å². The van der Waals surface area contributed by atoms with Crippen molar-refractivity contribution < 1.29 is 23.4 Å². The molecule has 6 nitrogen and oxygen atoms in total. The van der Waals surface area contributed by atoms with Gasteiger partial charge in [0.2, 0.25) is 0 Å². The summed E-state index contributed by atoms with van der Waals surface area (Å²) in [6.07, 6.45) is 2.80. The van der Waals surface area contributed by atoms with E-state index in [0.717, 1.165) is 0 Å². The largest absolute Gasteiger partial charge is 0.508 e. The van der Waals surface area contributed by atoms with Gasteiger partial charge in [-0.1, -0.05) is 30.3 Å². The average molecular weight is 395 g/mol. The van der Waals surface area contributed by atoms with Crippen LogP contribution < -0.4 is 4.72 Å². The molecule has 0 unspecified atom stereocenters. The van der Waals surface area contributed by atoms with E-state index < -0.39 is 10.0 Å². The number of para-hydroxylation sites is 1. The topological polar surface area (TPSA) is 104 Å². The minimum atomic E-state index is -3.86. The van der Waals surface area contributed by atoms with Crippen molar-refractivity contribution in [3.63, 3.8) is 0 Å². The molecule has 0 radical (unpaired) electrons. The normalized spacial score (nSPS) is 11.4. The van der Waals surface area contributed by atoms with E-state index in [0.29, 0.717) is 5.56 Å². The van der Waals surface area contributed by atoms with Gasteiger partial charge in [-0.3, -0.25) is 9.52 Å². The zero-order chi connectivity index (χ0) is 20.1. The zero-order valence-corrected chi connectivity index (χ0v) is 15.4. The van der Waals surface area contributed by atoms with Crippen molar-refractivity contribution in [2.75, 3.05) is 4.72 Å². The molecule has 7 heteroatoms. The number of phenolic OH excluding ortho intramolecular Hbond substituents is 2. The number of hydrogen-bond acceptors (Lipinski definition) is 5. The first-order valence-electron chi connectivity index (χ1n) is 8.27. The van der Waals surface area contributed by atoms with E-state index in [-0.39, 0.29) is 33.4 Å².